The molecule has 0 unspecified atom stereocenters. The van der Waals surface area contributed by atoms with Crippen LogP contribution in [-0.2, 0) is 13.0 Å². The molecule has 1 atom stereocenters. The number of pyridine rings is 1. The number of nitrogens with two attached hydrogens (primary N) is 3. The number of aliphatic hydroxyl groups is 1. The Morgan fingerprint density at radius 1 is 1.12 bits per heavy atom. The number of anilines is 3. The van der Waals surface area contributed by atoms with Crippen molar-refractivity contribution < 1.29 is 5.11 Å². The first-order valence-corrected chi connectivity index (χ1v) is 12.0. The van der Waals surface area contributed by atoms with Crippen molar-refractivity contribution in [3.05, 3.63) is 58.4 Å². The molecule has 1 aromatic carbocycles. The molecule has 2 aromatic heterocycles. The average Bonchev–Trinajstić information content (AvgIpc) is 3.09. The van der Waals surface area contributed by atoms with E-state index in [2.05, 4.69) is 44.1 Å². The maximum Gasteiger partial charge on any atom is 0.158 e. The van der Waals surface area contributed by atoms with Gasteiger partial charge in [0, 0.05) is 30.2 Å². The molecule has 1 aliphatic carbocycles. The van der Waals surface area contributed by atoms with Crippen molar-refractivity contribution >= 4 is 40.8 Å². The second kappa shape index (κ2) is 8.64. The van der Waals surface area contributed by atoms with E-state index in [0.29, 0.717) is 26.5 Å². The highest BCUT2D eigenvalue weighted by Gasteiger charge is 2.46. The number of halogens is 1. The molecule has 0 radical (unpaired) electrons. The standard InChI is InChI=1S/C23H26ClN7OS/c24-17-16(5-8-28-19(17)26)33-22-20(27)30-21(15(12-32)29-22)31-9-6-23(7-10-31)11-13-3-1-2-4-14(13)18(23)25/h1-5,8,18,32H,6-7,9-12,25H2,(H2,26,28)(H2,27,30)/t18-/m1/s1. The Hall–Kier alpha value is -2.59. The van der Waals surface area contributed by atoms with Gasteiger partial charge >= 0.3 is 0 Å². The van der Waals surface area contributed by atoms with Gasteiger partial charge in [0.2, 0.25) is 0 Å². The van der Waals surface area contributed by atoms with E-state index in [1.165, 1.54) is 22.9 Å². The third kappa shape index (κ3) is 3.89. The minimum Gasteiger partial charge on any atom is -0.390 e. The number of hydrogen-bond acceptors (Lipinski definition) is 9. The highest BCUT2D eigenvalue weighted by molar-refractivity contribution is 7.99. The molecular formula is C23H26ClN7OS. The molecule has 5 rings (SSSR count). The lowest BCUT2D eigenvalue weighted by Crippen LogP contribution is -2.45. The number of nitrogens with zero attached hydrogens (tertiary/aromatic N) is 4. The topological polar surface area (TPSA) is 140 Å². The van der Waals surface area contributed by atoms with Crippen LogP contribution in [0.15, 0.2) is 46.5 Å². The van der Waals surface area contributed by atoms with Gasteiger partial charge in [-0.05, 0) is 41.9 Å². The van der Waals surface area contributed by atoms with Crippen LogP contribution in [-0.4, -0.2) is 33.1 Å². The van der Waals surface area contributed by atoms with Crippen LogP contribution in [0.5, 0.6) is 0 Å². The highest BCUT2D eigenvalue weighted by Crippen LogP contribution is 2.51. The molecule has 3 aromatic rings. The summed E-state index contributed by atoms with van der Waals surface area (Å²) in [7, 11) is 0. The van der Waals surface area contributed by atoms with Crippen LogP contribution in [0.1, 0.15) is 35.7 Å². The Morgan fingerprint density at radius 3 is 2.61 bits per heavy atom. The van der Waals surface area contributed by atoms with Gasteiger partial charge < -0.3 is 27.2 Å². The molecule has 1 saturated heterocycles. The van der Waals surface area contributed by atoms with Crippen molar-refractivity contribution in [3.63, 3.8) is 0 Å². The van der Waals surface area contributed by atoms with Crippen LogP contribution in [0.3, 0.4) is 0 Å². The van der Waals surface area contributed by atoms with Crippen LogP contribution in [0.4, 0.5) is 17.5 Å². The normalized spacial score (nSPS) is 19.1. The average molecular weight is 484 g/mol. The summed E-state index contributed by atoms with van der Waals surface area (Å²) < 4.78 is 0. The van der Waals surface area contributed by atoms with Crippen molar-refractivity contribution in [3.8, 4) is 0 Å². The minimum atomic E-state index is -0.241. The van der Waals surface area contributed by atoms with Crippen LogP contribution < -0.4 is 22.1 Å². The number of rotatable bonds is 4. The minimum absolute atomic E-state index is 0.0423. The summed E-state index contributed by atoms with van der Waals surface area (Å²) in [5.74, 6) is 1.14. The zero-order chi connectivity index (χ0) is 23.2. The Labute approximate surface area is 201 Å². The SMILES string of the molecule is Nc1nc(N2CCC3(CC2)Cc2ccccc2[C@H]3N)c(CO)nc1Sc1ccnc(N)c1Cl. The third-order valence-electron chi connectivity index (χ3n) is 6.83. The van der Waals surface area contributed by atoms with Crippen molar-refractivity contribution in [2.75, 3.05) is 29.5 Å². The zero-order valence-electron chi connectivity index (χ0n) is 18.0. The first kappa shape index (κ1) is 22.2. The summed E-state index contributed by atoms with van der Waals surface area (Å²) in [5.41, 5.74) is 21.9. The van der Waals surface area contributed by atoms with E-state index in [1.807, 2.05) is 0 Å². The van der Waals surface area contributed by atoms with Gasteiger partial charge in [-0.1, -0.05) is 47.6 Å². The van der Waals surface area contributed by atoms with E-state index in [-0.39, 0.29) is 29.7 Å². The Kier molecular flexibility index (Phi) is 5.82. The number of nitrogen functional groups attached to an aromatic ring is 2. The van der Waals surface area contributed by atoms with E-state index in [4.69, 9.17) is 28.8 Å². The van der Waals surface area contributed by atoms with Crippen molar-refractivity contribution in [2.24, 2.45) is 11.1 Å². The predicted octanol–water partition coefficient (Wildman–Crippen LogP) is 3.18. The van der Waals surface area contributed by atoms with E-state index in [1.54, 1.807) is 12.3 Å². The molecule has 1 fully saturated rings. The lowest BCUT2D eigenvalue weighted by Gasteiger charge is -2.43. The van der Waals surface area contributed by atoms with Crippen molar-refractivity contribution in [1.82, 2.24) is 15.0 Å². The number of fused-ring (bicyclic) bond motifs is 1. The van der Waals surface area contributed by atoms with Gasteiger partial charge in [-0.15, -0.1) is 0 Å². The van der Waals surface area contributed by atoms with Crippen LogP contribution in [0.25, 0.3) is 0 Å². The van der Waals surface area contributed by atoms with Gasteiger partial charge in [-0.25, -0.2) is 15.0 Å². The summed E-state index contributed by atoms with van der Waals surface area (Å²) in [5, 5.41) is 10.9. The quantitative estimate of drug-likeness (QED) is 0.440. The lowest BCUT2D eigenvalue weighted by atomic mass is 9.73. The maximum absolute atomic E-state index is 10.0. The molecule has 1 aliphatic heterocycles. The zero-order valence-corrected chi connectivity index (χ0v) is 19.6. The number of aliphatic hydroxyl groups excluding tert-OH is 1. The molecular weight excluding hydrogens is 458 g/mol. The number of aromatic nitrogens is 3. The Bertz CT molecular complexity index is 1200. The number of benzene rings is 1. The summed E-state index contributed by atoms with van der Waals surface area (Å²) in [6.07, 6.45) is 4.46. The first-order valence-electron chi connectivity index (χ1n) is 10.9. The van der Waals surface area contributed by atoms with Crippen LogP contribution in [0, 0.1) is 5.41 Å². The molecule has 8 nitrogen and oxygen atoms in total. The molecule has 7 N–H and O–H groups in total. The van der Waals surface area contributed by atoms with Crippen molar-refractivity contribution in [2.45, 2.75) is 41.8 Å². The van der Waals surface area contributed by atoms with Crippen molar-refractivity contribution in [1.29, 1.82) is 0 Å². The fraction of sp³-hybridized carbons (Fsp3) is 0.348. The largest absolute Gasteiger partial charge is 0.390 e. The molecule has 0 saturated carbocycles. The molecule has 33 heavy (non-hydrogen) atoms. The van der Waals surface area contributed by atoms with E-state index < -0.39 is 0 Å². The molecule has 1 spiro atoms. The van der Waals surface area contributed by atoms with E-state index in [9.17, 15) is 5.11 Å². The fourth-order valence-corrected chi connectivity index (χ4v) is 6.05. The fourth-order valence-electron chi connectivity index (χ4n) is 4.98. The lowest BCUT2D eigenvalue weighted by molar-refractivity contribution is 0.186. The molecule has 0 amide bonds. The highest BCUT2D eigenvalue weighted by atomic mass is 35.5. The van der Waals surface area contributed by atoms with Crippen LogP contribution in [0.2, 0.25) is 5.02 Å². The summed E-state index contributed by atoms with van der Waals surface area (Å²) in [6.45, 7) is 1.32. The Balaban J connectivity index is 1.36. The van der Waals surface area contributed by atoms with Gasteiger partial charge in [0.05, 0.1) is 11.6 Å². The molecule has 0 bridgehead atoms. The van der Waals surface area contributed by atoms with Crippen LogP contribution >= 0.6 is 23.4 Å². The number of piperidine rings is 1. The third-order valence-corrected chi connectivity index (χ3v) is 8.39. The molecule has 3 heterocycles. The van der Waals surface area contributed by atoms with E-state index >= 15 is 0 Å². The molecule has 10 heteroatoms. The summed E-state index contributed by atoms with van der Waals surface area (Å²) in [4.78, 5) is 16.0. The van der Waals surface area contributed by atoms with Gasteiger partial charge in [0.25, 0.3) is 0 Å². The summed E-state index contributed by atoms with van der Waals surface area (Å²) in [6, 6.07) is 10.3. The van der Waals surface area contributed by atoms with Gasteiger partial charge in [-0.3, -0.25) is 0 Å². The van der Waals surface area contributed by atoms with E-state index in [0.717, 1.165) is 32.4 Å². The Morgan fingerprint density at radius 2 is 1.88 bits per heavy atom. The summed E-state index contributed by atoms with van der Waals surface area (Å²) >= 11 is 7.51. The van der Waals surface area contributed by atoms with Gasteiger partial charge in [-0.2, -0.15) is 0 Å². The molecule has 172 valence electrons. The monoisotopic (exact) mass is 483 g/mol. The number of hydrogen-bond donors (Lipinski definition) is 4. The maximum atomic E-state index is 10.0. The first-order chi connectivity index (χ1) is 15.9. The molecule has 2 aliphatic rings. The second-order valence-electron chi connectivity index (χ2n) is 8.66. The second-order valence-corrected chi connectivity index (χ2v) is 10.1. The van der Waals surface area contributed by atoms with Gasteiger partial charge in [0.15, 0.2) is 11.6 Å². The predicted molar refractivity (Wildman–Crippen MR) is 131 cm³/mol. The van der Waals surface area contributed by atoms with Gasteiger partial charge in [0.1, 0.15) is 16.5 Å². The smallest absolute Gasteiger partial charge is 0.158 e.